The maximum absolute atomic E-state index is 12.6. The van der Waals surface area contributed by atoms with Crippen LogP contribution in [0.15, 0.2) is 18.2 Å². The summed E-state index contributed by atoms with van der Waals surface area (Å²) in [6, 6.07) is 3.01. The highest BCUT2D eigenvalue weighted by atomic mass is 19.4. The van der Waals surface area contributed by atoms with E-state index in [2.05, 4.69) is 6.92 Å². The lowest BCUT2D eigenvalue weighted by Crippen LogP contribution is -2.17. The lowest BCUT2D eigenvalue weighted by atomic mass is 10.1. The Hall–Kier alpha value is -1.72. The van der Waals surface area contributed by atoms with E-state index in [1.54, 1.807) is 0 Å². The van der Waals surface area contributed by atoms with Crippen LogP contribution in [-0.4, -0.2) is 12.4 Å². The Morgan fingerprint density at radius 2 is 2.05 bits per heavy atom. The second-order valence-electron chi connectivity index (χ2n) is 4.83. The van der Waals surface area contributed by atoms with Crippen LogP contribution in [0.1, 0.15) is 37.8 Å². The van der Waals surface area contributed by atoms with E-state index in [1.165, 1.54) is 6.07 Å². The van der Waals surface area contributed by atoms with Crippen molar-refractivity contribution < 1.29 is 17.9 Å². The Kier molecular flexibility index (Phi) is 5.42. The van der Waals surface area contributed by atoms with E-state index >= 15 is 0 Å². The molecule has 1 rings (SSSR count). The molecule has 0 aliphatic carbocycles. The van der Waals surface area contributed by atoms with Crippen LogP contribution in [0.5, 0.6) is 5.75 Å². The van der Waals surface area contributed by atoms with Crippen LogP contribution in [-0.2, 0) is 6.18 Å². The first-order chi connectivity index (χ1) is 9.25. The van der Waals surface area contributed by atoms with Crippen molar-refractivity contribution in [2.45, 2.75) is 32.9 Å². The van der Waals surface area contributed by atoms with Gasteiger partial charge in [-0.2, -0.15) is 13.2 Å². The number of halogens is 3. The van der Waals surface area contributed by atoms with Gasteiger partial charge in [0.1, 0.15) is 11.6 Å². The van der Waals surface area contributed by atoms with Gasteiger partial charge in [-0.05, 0) is 30.5 Å². The van der Waals surface area contributed by atoms with Gasteiger partial charge in [-0.25, -0.2) is 0 Å². The van der Waals surface area contributed by atoms with Crippen molar-refractivity contribution in [3.8, 4) is 5.75 Å². The number of nitrogen functional groups attached to an aromatic ring is 1. The number of hydrogen-bond donors (Lipinski definition) is 2. The van der Waals surface area contributed by atoms with Crippen molar-refractivity contribution >= 4 is 5.84 Å². The van der Waals surface area contributed by atoms with Crippen molar-refractivity contribution in [3.05, 3.63) is 29.3 Å². The largest absolute Gasteiger partial charge is 0.493 e. The second kappa shape index (κ2) is 6.63. The molecule has 1 unspecified atom stereocenters. The summed E-state index contributed by atoms with van der Waals surface area (Å²) in [6.07, 6.45) is -2.48. The molecular weight excluding hydrogens is 269 g/mol. The molecule has 0 bridgehead atoms. The molecule has 0 fully saturated rings. The number of benzene rings is 1. The highest BCUT2D eigenvalue weighted by molar-refractivity contribution is 5.97. The van der Waals surface area contributed by atoms with Gasteiger partial charge < -0.3 is 10.5 Å². The van der Waals surface area contributed by atoms with Gasteiger partial charge in [0.15, 0.2) is 0 Å². The minimum absolute atomic E-state index is 0.0245. The van der Waals surface area contributed by atoms with Crippen LogP contribution < -0.4 is 10.5 Å². The predicted molar refractivity (Wildman–Crippen MR) is 72.0 cm³/mol. The molecule has 0 saturated carbocycles. The number of amidine groups is 1. The van der Waals surface area contributed by atoms with Gasteiger partial charge in [0.25, 0.3) is 0 Å². The Morgan fingerprint density at radius 3 is 2.55 bits per heavy atom. The molecular formula is C14H19F3N2O. The number of nitrogens with two attached hydrogens (primary N) is 1. The van der Waals surface area contributed by atoms with Crippen molar-refractivity contribution in [2.24, 2.45) is 11.7 Å². The zero-order chi connectivity index (χ0) is 15.3. The molecule has 0 heterocycles. The summed E-state index contributed by atoms with van der Waals surface area (Å²) in [6.45, 7) is 4.44. The number of rotatable bonds is 6. The SMILES string of the molecule is CCCC(C)COc1ccc(C(F)(F)F)cc1C(=N)N. The normalized spacial score (nSPS) is 13.1. The molecule has 0 spiro atoms. The number of nitrogens with one attached hydrogen (secondary N) is 1. The van der Waals surface area contributed by atoms with E-state index in [9.17, 15) is 13.2 Å². The van der Waals surface area contributed by atoms with Gasteiger partial charge in [-0.3, -0.25) is 5.41 Å². The van der Waals surface area contributed by atoms with Gasteiger partial charge in [0.05, 0.1) is 17.7 Å². The zero-order valence-corrected chi connectivity index (χ0v) is 11.6. The molecule has 0 aliphatic rings. The van der Waals surface area contributed by atoms with Gasteiger partial charge in [-0.15, -0.1) is 0 Å². The Bertz CT molecular complexity index is 472. The van der Waals surface area contributed by atoms with Gasteiger partial charge in [0.2, 0.25) is 0 Å². The maximum Gasteiger partial charge on any atom is 0.416 e. The average molecular weight is 288 g/mol. The summed E-state index contributed by atoms with van der Waals surface area (Å²) in [5, 5.41) is 7.37. The summed E-state index contributed by atoms with van der Waals surface area (Å²) in [5.74, 6) is 0.0739. The number of hydrogen-bond acceptors (Lipinski definition) is 2. The third kappa shape index (κ3) is 4.43. The van der Waals surface area contributed by atoms with E-state index in [4.69, 9.17) is 15.9 Å². The maximum atomic E-state index is 12.6. The zero-order valence-electron chi connectivity index (χ0n) is 11.6. The fourth-order valence-corrected chi connectivity index (χ4v) is 1.85. The van der Waals surface area contributed by atoms with E-state index < -0.39 is 17.6 Å². The smallest absolute Gasteiger partial charge is 0.416 e. The first kappa shape index (κ1) is 16.3. The van der Waals surface area contributed by atoms with E-state index in [1.807, 2.05) is 6.92 Å². The highest BCUT2D eigenvalue weighted by Crippen LogP contribution is 2.32. The molecule has 0 aliphatic heterocycles. The molecule has 0 radical (unpaired) electrons. The molecule has 0 amide bonds. The Morgan fingerprint density at radius 1 is 1.40 bits per heavy atom. The molecule has 1 atom stereocenters. The fourth-order valence-electron chi connectivity index (χ4n) is 1.85. The topological polar surface area (TPSA) is 59.1 Å². The number of alkyl halides is 3. The van der Waals surface area contributed by atoms with Crippen LogP contribution in [0.4, 0.5) is 13.2 Å². The summed E-state index contributed by atoms with van der Waals surface area (Å²) in [5.41, 5.74) is 4.47. The first-order valence-electron chi connectivity index (χ1n) is 6.44. The van der Waals surface area contributed by atoms with E-state index in [0.29, 0.717) is 12.5 Å². The summed E-state index contributed by atoms with van der Waals surface area (Å²) in [7, 11) is 0. The van der Waals surface area contributed by atoms with E-state index in [0.717, 1.165) is 25.0 Å². The van der Waals surface area contributed by atoms with Gasteiger partial charge in [-0.1, -0.05) is 20.3 Å². The lowest BCUT2D eigenvalue weighted by molar-refractivity contribution is -0.137. The Balaban J connectivity index is 2.94. The minimum Gasteiger partial charge on any atom is -0.493 e. The summed E-state index contributed by atoms with van der Waals surface area (Å²) < 4.78 is 43.4. The minimum atomic E-state index is -4.46. The Labute approximate surface area is 116 Å². The van der Waals surface area contributed by atoms with Crippen molar-refractivity contribution in [2.75, 3.05) is 6.61 Å². The van der Waals surface area contributed by atoms with Crippen LogP contribution in [0, 0.1) is 11.3 Å². The second-order valence-corrected chi connectivity index (χ2v) is 4.83. The molecule has 3 N–H and O–H groups in total. The van der Waals surface area contributed by atoms with Crippen molar-refractivity contribution in [3.63, 3.8) is 0 Å². The third-order valence-corrected chi connectivity index (χ3v) is 2.90. The first-order valence-corrected chi connectivity index (χ1v) is 6.44. The quantitative estimate of drug-likeness (QED) is 0.618. The van der Waals surface area contributed by atoms with Gasteiger partial charge in [0, 0.05) is 0 Å². The molecule has 0 aromatic heterocycles. The van der Waals surface area contributed by atoms with Crippen LogP contribution in [0.25, 0.3) is 0 Å². The molecule has 112 valence electrons. The van der Waals surface area contributed by atoms with Crippen LogP contribution in [0.2, 0.25) is 0 Å². The third-order valence-electron chi connectivity index (χ3n) is 2.90. The van der Waals surface area contributed by atoms with Gasteiger partial charge >= 0.3 is 6.18 Å². The predicted octanol–water partition coefficient (Wildman–Crippen LogP) is 3.80. The highest BCUT2D eigenvalue weighted by Gasteiger charge is 2.31. The lowest BCUT2D eigenvalue weighted by Gasteiger charge is -2.16. The molecule has 3 nitrogen and oxygen atoms in total. The van der Waals surface area contributed by atoms with Crippen LogP contribution >= 0.6 is 0 Å². The van der Waals surface area contributed by atoms with Crippen molar-refractivity contribution in [1.29, 1.82) is 5.41 Å². The van der Waals surface area contributed by atoms with E-state index in [-0.39, 0.29) is 11.3 Å². The van der Waals surface area contributed by atoms with Crippen molar-refractivity contribution in [1.82, 2.24) is 0 Å². The summed E-state index contributed by atoms with van der Waals surface area (Å²) >= 11 is 0. The molecule has 0 saturated heterocycles. The average Bonchev–Trinajstić information content (AvgIpc) is 2.35. The molecule has 1 aromatic rings. The monoisotopic (exact) mass is 288 g/mol. The molecule has 6 heteroatoms. The number of ether oxygens (including phenoxy) is 1. The molecule has 20 heavy (non-hydrogen) atoms. The standard InChI is InChI=1S/C14H19F3N2O/c1-3-4-9(2)8-20-12-6-5-10(14(15,16)17)7-11(12)13(18)19/h5-7,9H,3-4,8H2,1-2H3,(H3,18,19). The fraction of sp³-hybridized carbons (Fsp3) is 0.500. The molecule has 1 aromatic carbocycles. The van der Waals surface area contributed by atoms with Crippen LogP contribution in [0.3, 0.4) is 0 Å². The summed E-state index contributed by atoms with van der Waals surface area (Å²) in [4.78, 5) is 0.